The van der Waals surface area contributed by atoms with E-state index in [0.717, 1.165) is 17.8 Å². The van der Waals surface area contributed by atoms with Gasteiger partial charge in [0.1, 0.15) is 0 Å². The number of nitrogen functional groups attached to an aromatic ring is 1. The van der Waals surface area contributed by atoms with E-state index in [4.69, 9.17) is 10.8 Å². The topological polar surface area (TPSA) is 75.3 Å². The molecular weight excluding hydrogens is 248 g/mol. The van der Waals surface area contributed by atoms with Crippen LogP contribution in [0.1, 0.15) is 28.8 Å². The smallest absolute Gasteiger partial charge is 0.337 e. The molecule has 1 fully saturated rings. The zero-order valence-electron chi connectivity index (χ0n) is 10.6. The minimum atomic E-state index is -0.981. The third-order valence-corrected chi connectivity index (χ3v) is 4.89. The van der Waals surface area contributed by atoms with Gasteiger partial charge in [0.05, 0.1) is 5.56 Å². The molecule has 2 rings (SSSR count). The van der Waals surface area contributed by atoms with Crippen LogP contribution in [-0.2, 0) is 0 Å². The summed E-state index contributed by atoms with van der Waals surface area (Å²) in [5.74, 6) is -0.981. The summed E-state index contributed by atoms with van der Waals surface area (Å²) in [6, 6.07) is 3.51. The molecule has 4 nitrogen and oxygen atoms in total. The number of aromatic carboxylic acids is 1. The van der Waals surface area contributed by atoms with Crippen LogP contribution in [0.15, 0.2) is 12.1 Å². The number of carboxylic acids is 1. The van der Waals surface area contributed by atoms with Gasteiger partial charge in [-0.15, -0.1) is 0 Å². The molecule has 0 bridgehead atoms. The Morgan fingerprint density at radius 1 is 1.56 bits per heavy atom. The first-order valence-corrected chi connectivity index (χ1v) is 7.12. The minimum Gasteiger partial charge on any atom is -0.478 e. The molecule has 0 heterocycles. The van der Waals surface area contributed by atoms with Gasteiger partial charge in [-0.3, -0.25) is 0 Å². The number of aryl methyl sites for hydroxylation is 1. The van der Waals surface area contributed by atoms with Crippen molar-refractivity contribution in [2.45, 2.75) is 24.5 Å². The number of rotatable bonds is 5. The first kappa shape index (κ1) is 13.1. The SMILES string of the molecule is CSC1(CNc2cc(C)c(N)c(C(=O)O)c2)CC1. The average Bonchev–Trinajstić information content (AvgIpc) is 3.11. The fraction of sp³-hybridized carbons (Fsp3) is 0.462. The highest BCUT2D eigenvalue weighted by atomic mass is 32.2. The third-order valence-electron chi connectivity index (χ3n) is 3.47. The van der Waals surface area contributed by atoms with Gasteiger partial charge in [-0.2, -0.15) is 11.8 Å². The molecule has 1 aliphatic carbocycles. The summed E-state index contributed by atoms with van der Waals surface area (Å²) in [6.07, 6.45) is 4.56. The average molecular weight is 266 g/mol. The van der Waals surface area contributed by atoms with Crippen molar-refractivity contribution in [2.75, 3.05) is 23.9 Å². The second-order valence-electron chi connectivity index (χ2n) is 4.80. The number of carbonyl (C=O) groups is 1. The molecule has 1 aliphatic rings. The van der Waals surface area contributed by atoms with Crippen molar-refractivity contribution < 1.29 is 9.90 Å². The third kappa shape index (κ3) is 2.56. The second-order valence-corrected chi connectivity index (χ2v) is 6.07. The van der Waals surface area contributed by atoms with E-state index in [1.54, 1.807) is 6.07 Å². The highest BCUT2D eigenvalue weighted by Crippen LogP contribution is 2.47. The monoisotopic (exact) mass is 266 g/mol. The molecule has 18 heavy (non-hydrogen) atoms. The van der Waals surface area contributed by atoms with Crippen molar-refractivity contribution in [1.82, 2.24) is 0 Å². The molecule has 1 saturated carbocycles. The van der Waals surface area contributed by atoms with Crippen LogP contribution in [0.4, 0.5) is 11.4 Å². The first-order valence-electron chi connectivity index (χ1n) is 5.90. The molecule has 0 saturated heterocycles. The van der Waals surface area contributed by atoms with Crippen molar-refractivity contribution >= 4 is 29.1 Å². The summed E-state index contributed by atoms with van der Waals surface area (Å²) in [5, 5.41) is 12.4. The van der Waals surface area contributed by atoms with Gasteiger partial charge in [0.25, 0.3) is 0 Å². The van der Waals surface area contributed by atoms with E-state index in [0.29, 0.717) is 10.4 Å². The van der Waals surface area contributed by atoms with Crippen molar-refractivity contribution in [3.8, 4) is 0 Å². The van der Waals surface area contributed by atoms with Crippen molar-refractivity contribution in [1.29, 1.82) is 0 Å². The highest BCUT2D eigenvalue weighted by Gasteiger charge is 2.41. The van der Waals surface area contributed by atoms with Gasteiger partial charge in [-0.05, 0) is 43.7 Å². The molecule has 0 aliphatic heterocycles. The lowest BCUT2D eigenvalue weighted by atomic mass is 10.1. The molecule has 0 aromatic heterocycles. The molecule has 98 valence electrons. The Morgan fingerprint density at radius 2 is 2.22 bits per heavy atom. The van der Waals surface area contributed by atoms with Gasteiger partial charge in [-0.25, -0.2) is 4.79 Å². The Kier molecular flexibility index (Phi) is 3.43. The number of thioether (sulfide) groups is 1. The number of hydrogen-bond donors (Lipinski definition) is 3. The fourth-order valence-electron chi connectivity index (χ4n) is 1.93. The van der Waals surface area contributed by atoms with Gasteiger partial charge in [-0.1, -0.05) is 0 Å². The molecule has 1 aromatic carbocycles. The van der Waals surface area contributed by atoms with Crippen LogP contribution in [0.5, 0.6) is 0 Å². The van der Waals surface area contributed by atoms with Crippen LogP contribution in [0, 0.1) is 6.92 Å². The number of nitrogens with one attached hydrogen (secondary N) is 1. The number of benzene rings is 1. The van der Waals surface area contributed by atoms with E-state index in [2.05, 4.69) is 11.6 Å². The zero-order chi connectivity index (χ0) is 13.3. The summed E-state index contributed by atoms with van der Waals surface area (Å²) in [4.78, 5) is 11.1. The van der Waals surface area contributed by atoms with E-state index >= 15 is 0 Å². The van der Waals surface area contributed by atoms with Crippen LogP contribution in [0.25, 0.3) is 0 Å². The Balaban J connectivity index is 2.16. The standard InChI is InChI=1S/C13H18N2O2S/c1-8-5-9(6-10(11(8)14)12(16)17)15-7-13(18-2)3-4-13/h5-6,15H,3-4,7,14H2,1-2H3,(H,16,17). The number of carboxylic acid groups (broad SMARTS) is 1. The quantitative estimate of drug-likeness (QED) is 0.714. The van der Waals surface area contributed by atoms with Crippen molar-refractivity contribution in [2.24, 2.45) is 0 Å². The maximum atomic E-state index is 11.1. The molecule has 0 spiro atoms. The number of nitrogens with two attached hydrogens (primary N) is 1. The molecule has 0 unspecified atom stereocenters. The van der Waals surface area contributed by atoms with Crippen LogP contribution >= 0.6 is 11.8 Å². The number of anilines is 2. The molecule has 5 heteroatoms. The molecule has 1 aromatic rings. The van der Waals surface area contributed by atoms with Crippen LogP contribution < -0.4 is 11.1 Å². The largest absolute Gasteiger partial charge is 0.478 e. The van der Waals surface area contributed by atoms with Gasteiger partial charge >= 0.3 is 5.97 Å². The van der Waals surface area contributed by atoms with Gasteiger partial charge in [0.15, 0.2) is 0 Å². The fourth-order valence-corrected chi connectivity index (χ4v) is 2.66. The molecule has 4 N–H and O–H groups in total. The van der Waals surface area contributed by atoms with Crippen molar-refractivity contribution in [3.05, 3.63) is 23.3 Å². The van der Waals surface area contributed by atoms with E-state index < -0.39 is 5.97 Å². The van der Waals surface area contributed by atoms with Crippen LogP contribution in [-0.4, -0.2) is 28.6 Å². The Hall–Kier alpha value is -1.36. The van der Waals surface area contributed by atoms with Crippen LogP contribution in [0.2, 0.25) is 0 Å². The minimum absolute atomic E-state index is 0.173. The lowest BCUT2D eigenvalue weighted by Gasteiger charge is -2.16. The maximum absolute atomic E-state index is 11.1. The lowest BCUT2D eigenvalue weighted by molar-refractivity contribution is 0.0698. The summed E-state index contributed by atoms with van der Waals surface area (Å²) in [6.45, 7) is 2.70. The van der Waals surface area contributed by atoms with Crippen LogP contribution in [0.3, 0.4) is 0 Å². The molecule has 0 amide bonds. The predicted octanol–water partition coefficient (Wildman–Crippen LogP) is 2.58. The predicted molar refractivity (Wildman–Crippen MR) is 76.5 cm³/mol. The van der Waals surface area contributed by atoms with Crippen molar-refractivity contribution in [3.63, 3.8) is 0 Å². The summed E-state index contributed by atoms with van der Waals surface area (Å²) >= 11 is 1.87. The summed E-state index contributed by atoms with van der Waals surface area (Å²) in [7, 11) is 0. The van der Waals surface area contributed by atoms with E-state index in [9.17, 15) is 4.79 Å². The second kappa shape index (κ2) is 4.72. The van der Waals surface area contributed by atoms with Gasteiger partial charge in [0.2, 0.25) is 0 Å². The summed E-state index contributed by atoms with van der Waals surface area (Å²) < 4.78 is 0.346. The lowest BCUT2D eigenvalue weighted by Crippen LogP contribution is -2.18. The maximum Gasteiger partial charge on any atom is 0.337 e. The normalized spacial score (nSPS) is 16.3. The van der Waals surface area contributed by atoms with E-state index in [-0.39, 0.29) is 5.56 Å². The highest BCUT2D eigenvalue weighted by molar-refractivity contribution is 8.00. The Bertz CT molecular complexity index is 484. The van der Waals surface area contributed by atoms with E-state index in [1.165, 1.54) is 12.8 Å². The molecular formula is C13H18N2O2S. The number of hydrogen-bond acceptors (Lipinski definition) is 4. The first-order chi connectivity index (χ1) is 8.47. The van der Waals surface area contributed by atoms with Gasteiger partial charge < -0.3 is 16.2 Å². The Labute approximate surface area is 111 Å². The zero-order valence-corrected chi connectivity index (χ0v) is 11.4. The molecule has 0 atom stereocenters. The summed E-state index contributed by atoms with van der Waals surface area (Å²) in [5.41, 5.74) is 7.91. The molecule has 0 radical (unpaired) electrons. The Morgan fingerprint density at radius 3 is 2.72 bits per heavy atom. The van der Waals surface area contributed by atoms with E-state index in [1.807, 2.05) is 24.8 Å². The van der Waals surface area contributed by atoms with Gasteiger partial charge in [0, 0.05) is 22.7 Å².